The highest BCUT2D eigenvalue weighted by Crippen LogP contribution is 2.15. The van der Waals surface area contributed by atoms with E-state index in [0.29, 0.717) is 19.4 Å². The summed E-state index contributed by atoms with van der Waals surface area (Å²) in [6.07, 6.45) is 1.86. The van der Waals surface area contributed by atoms with Crippen molar-refractivity contribution in [3.05, 3.63) is 35.4 Å². The number of rotatable bonds is 8. The molecule has 1 aromatic carbocycles. The number of carbonyl (C=O) groups excluding carboxylic acids is 2. The summed E-state index contributed by atoms with van der Waals surface area (Å²) in [5.41, 5.74) is 2.24. The Morgan fingerprint density at radius 2 is 1.74 bits per heavy atom. The van der Waals surface area contributed by atoms with Crippen LogP contribution >= 0.6 is 0 Å². The molecule has 128 valence electrons. The van der Waals surface area contributed by atoms with Gasteiger partial charge in [-0.25, -0.2) is 0 Å². The fourth-order valence-electron chi connectivity index (χ4n) is 2.55. The molecule has 23 heavy (non-hydrogen) atoms. The van der Waals surface area contributed by atoms with Crippen LogP contribution in [0.4, 0.5) is 0 Å². The largest absolute Gasteiger partial charge is 0.352 e. The maximum atomic E-state index is 12.6. The zero-order chi connectivity index (χ0) is 17.4. The lowest BCUT2D eigenvalue weighted by atomic mass is 10.1. The molecule has 1 unspecified atom stereocenters. The van der Waals surface area contributed by atoms with Crippen molar-refractivity contribution < 1.29 is 9.59 Å². The first kappa shape index (κ1) is 19.2. The maximum Gasteiger partial charge on any atom is 0.243 e. The number of aryl methyl sites for hydroxylation is 1. The van der Waals surface area contributed by atoms with E-state index >= 15 is 0 Å². The third kappa shape index (κ3) is 6.05. The van der Waals surface area contributed by atoms with Crippen molar-refractivity contribution >= 4 is 11.8 Å². The van der Waals surface area contributed by atoms with Crippen LogP contribution in [0.25, 0.3) is 0 Å². The Labute approximate surface area is 140 Å². The molecule has 0 aliphatic rings. The Hall–Kier alpha value is -1.84. The summed E-state index contributed by atoms with van der Waals surface area (Å²) < 4.78 is 0. The van der Waals surface area contributed by atoms with Gasteiger partial charge in [-0.15, -0.1) is 0 Å². The summed E-state index contributed by atoms with van der Waals surface area (Å²) in [5.74, 6) is -0.0297. The first-order valence-corrected chi connectivity index (χ1v) is 8.54. The van der Waals surface area contributed by atoms with Crippen molar-refractivity contribution in [3.8, 4) is 0 Å². The molecule has 1 N–H and O–H groups in total. The van der Waals surface area contributed by atoms with E-state index in [4.69, 9.17) is 0 Å². The van der Waals surface area contributed by atoms with Crippen molar-refractivity contribution in [1.29, 1.82) is 0 Å². The van der Waals surface area contributed by atoms with E-state index in [2.05, 4.69) is 5.32 Å². The van der Waals surface area contributed by atoms with Crippen LogP contribution in [0.2, 0.25) is 0 Å². The van der Waals surface area contributed by atoms with Crippen molar-refractivity contribution in [2.75, 3.05) is 0 Å². The molecule has 1 atom stereocenters. The third-order valence-electron chi connectivity index (χ3n) is 3.75. The van der Waals surface area contributed by atoms with Crippen LogP contribution in [0.5, 0.6) is 0 Å². The van der Waals surface area contributed by atoms with Crippen molar-refractivity contribution in [2.24, 2.45) is 0 Å². The molecule has 4 heteroatoms. The number of hydrogen-bond acceptors (Lipinski definition) is 2. The molecular formula is C19H30N2O2. The predicted molar refractivity (Wildman–Crippen MR) is 94.0 cm³/mol. The number of benzene rings is 1. The van der Waals surface area contributed by atoms with Gasteiger partial charge in [-0.05, 0) is 39.2 Å². The van der Waals surface area contributed by atoms with E-state index in [1.165, 1.54) is 5.56 Å². The first-order chi connectivity index (χ1) is 10.9. The van der Waals surface area contributed by atoms with E-state index in [1.54, 1.807) is 4.90 Å². The first-order valence-electron chi connectivity index (χ1n) is 8.54. The Morgan fingerprint density at radius 3 is 2.22 bits per heavy atom. The molecule has 1 aromatic rings. The summed E-state index contributed by atoms with van der Waals surface area (Å²) in [6.45, 7) is 10.3. The summed E-state index contributed by atoms with van der Waals surface area (Å²) in [5, 5.41) is 2.93. The van der Waals surface area contributed by atoms with E-state index < -0.39 is 6.04 Å². The molecule has 4 nitrogen and oxygen atoms in total. The van der Waals surface area contributed by atoms with Crippen LogP contribution in [-0.2, 0) is 16.1 Å². The standard InChI is InChI=1S/C19H30N2O2/c1-6-8-18(22)21(13-16-11-9-15(5)10-12-16)17(7-2)19(23)20-14(3)4/h9-12,14,17H,6-8,13H2,1-5H3,(H,20,23). The van der Waals surface area contributed by atoms with Gasteiger partial charge in [-0.1, -0.05) is 43.7 Å². The minimum absolute atomic E-state index is 0.0406. The van der Waals surface area contributed by atoms with E-state index in [1.807, 2.05) is 58.9 Å². The number of amides is 2. The van der Waals surface area contributed by atoms with Gasteiger partial charge in [-0.2, -0.15) is 0 Å². The third-order valence-corrected chi connectivity index (χ3v) is 3.75. The lowest BCUT2D eigenvalue weighted by Crippen LogP contribution is -2.50. The Balaban J connectivity index is 2.99. The number of nitrogens with one attached hydrogen (secondary N) is 1. The summed E-state index contributed by atoms with van der Waals surface area (Å²) in [6, 6.07) is 7.76. The lowest BCUT2D eigenvalue weighted by Gasteiger charge is -2.31. The highest BCUT2D eigenvalue weighted by molar-refractivity contribution is 5.87. The van der Waals surface area contributed by atoms with Gasteiger partial charge in [0, 0.05) is 19.0 Å². The highest BCUT2D eigenvalue weighted by Gasteiger charge is 2.28. The van der Waals surface area contributed by atoms with Crippen LogP contribution in [0, 0.1) is 6.92 Å². The number of carbonyl (C=O) groups is 2. The van der Waals surface area contributed by atoms with Gasteiger partial charge < -0.3 is 10.2 Å². The predicted octanol–water partition coefficient (Wildman–Crippen LogP) is 3.43. The van der Waals surface area contributed by atoms with Crippen molar-refractivity contribution in [2.45, 2.75) is 72.5 Å². The molecule has 0 bridgehead atoms. The van der Waals surface area contributed by atoms with Crippen molar-refractivity contribution in [3.63, 3.8) is 0 Å². The van der Waals surface area contributed by atoms with Crippen molar-refractivity contribution in [1.82, 2.24) is 10.2 Å². The van der Waals surface area contributed by atoms with Crippen LogP contribution < -0.4 is 5.32 Å². The Bertz CT molecular complexity index is 509. The van der Waals surface area contributed by atoms with Gasteiger partial charge in [0.15, 0.2) is 0 Å². The molecule has 0 radical (unpaired) electrons. The van der Waals surface area contributed by atoms with Gasteiger partial charge in [0.05, 0.1) is 0 Å². The highest BCUT2D eigenvalue weighted by atomic mass is 16.2. The molecule has 0 aromatic heterocycles. The van der Waals surface area contributed by atoms with E-state index in [0.717, 1.165) is 12.0 Å². The minimum Gasteiger partial charge on any atom is -0.352 e. The minimum atomic E-state index is -0.419. The van der Waals surface area contributed by atoms with E-state index in [9.17, 15) is 9.59 Å². The zero-order valence-electron chi connectivity index (χ0n) is 15.1. The monoisotopic (exact) mass is 318 g/mol. The normalized spacial score (nSPS) is 12.1. The van der Waals surface area contributed by atoms with Crippen LogP contribution in [0.1, 0.15) is 58.1 Å². The Morgan fingerprint density at radius 1 is 1.13 bits per heavy atom. The second-order valence-corrected chi connectivity index (χ2v) is 6.34. The molecule has 0 fully saturated rings. The second-order valence-electron chi connectivity index (χ2n) is 6.34. The number of hydrogen-bond donors (Lipinski definition) is 1. The molecular weight excluding hydrogens is 288 g/mol. The van der Waals surface area contributed by atoms with Gasteiger partial charge in [0.1, 0.15) is 6.04 Å². The SMILES string of the molecule is CCCC(=O)N(Cc1ccc(C)cc1)C(CC)C(=O)NC(C)C. The molecule has 0 heterocycles. The van der Waals surface area contributed by atoms with E-state index in [-0.39, 0.29) is 17.9 Å². The lowest BCUT2D eigenvalue weighted by molar-refractivity contribution is -0.141. The summed E-state index contributed by atoms with van der Waals surface area (Å²) >= 11 is 0. The maximum absolute atomic E-state index is 12.6. The fourth-order valence-corrected chi connectivity index (χ4v) is 2.55. The second kappa shape index (κ2) is 9.33. The molecule has 0 aliphatic heterocycles. The van der Waals surface area contributed by atoms with Gasteiger partial charge >= 0.3 is 0 Å². The van der Waals surface area contributed by atoms with Gasteiger partial charge in [0.25, 0.3) is 0 Å². The topological polar surface area (TPSA) is 49.4 Å². The Kier molecular flexibility index (Phi) is 7.79. The average molecular weight is 318 g/mol. The van der Waals surface area contributed by atoms with Gasteiger partial charge in [-0.3, -0.25) is 9.59 Å². The smallest absolute Gasteiger partial charge is 0.243 e. The zero-order valence-corrected chi connectivity index (χ0v) is 15.1. The van der Waals surface area contributed by atoms with Crippen LogP contribution in [-0.4, -0.2) is 28.8 Å². The average Bonchev–Trinajstić information content (AvgIpc) is 2.48. The summed E-state index contributed by atoms with van der Waals surface area (Å²) in [7, 11) is 0. The molecule has 2 amide bonds. The molecule has 0 spiro atoms. The number of nitrogens with zero attached hydrogens (tertiary/aromatic N) is 1. The van der Waals surface area contributed by atoms with Crippen LogP contribution in [0.3, 0.4) is 0 Å². The molecule has 0 saturated heterocycles. The molecule has 0 saturated carbocycles. The van der Waals surface area contributed by atoms with Crippen LogP contribution in [0.15, 0.2) is 24.3 Å². The molecule has 0 aliphatic carbocycles. The fraction of sp³-hybridized carbons (Fsp3) is 0.579. The summed E-state index contributed by atoms with van der Waals surface area (Å²) in [4.78, 5) is 26.8. The molecule has 1 rings (SSSR count). The quantitative estimate of drug-likeness (QED) is 0.798. The van der Waals surface area contributed by atoms with Gasteiger partial charge in [0.2, 0.25) is 11.8 Å².